The van der Waals surface area contributed by atoms with Gasteiger partial charge in [0.15, 0.2) is 0 Å². The van der Waals surface area contributed by atoms with Crippen molar-refractivity contribution >= 4 is 5.90 Å². The lowest BCUT2D eigenvalue weighted by Gasteiger charge is -2.26. The Kier molecular flexibility index (Phi) is 5.98. The number of aliphatic imine (C=N–C) groups is 1. The first-order valence-corrected chi connectivity index (χ1v) is 7.09. The van der Waals surface area contributed by atoms with Crippen molar-refractivity contribution in [3.05, 3.63) is 23.6 Å². The number of nitriles is 1. The quantitative estimate of drug-likeness (QED) is 0.797. The molecule has 0 bridgehead atoms. The highest BCUT2D eigenvalue weighted by molar-refractivity contribution is 5.89. The summed E-state index contributed by atoms with van der Waals surface area (Å²) in [6.07, 6.45) is 3.92. The molecule has 1 aliphatic rings. The fraction of sp³-hybridized carbons (Fsp3) is 0.625. The van der Waals surface area contributed by atoms with Crippen molar-refractivity contribution in [1.29, 1.82) is 5.26 Å². The molecule has 0 saturated heterocycles. The van der Waals surface area contributed by atoms with Crippen molar-refractivity contribution in [2.75, 3.05) is 7.11 Å². The van der Waals surface area contributed by atoms with Crippen molar-refractivity contribution in [3.8, 4) is 6.07 Å². The molecule has 0 radical (unpaired) electrons. The van der Waals surface area contributed by atoms with Crippen LogP contribution in [-0.4, -0.2) is 30.8 Å². The largest absolute Gasteiger partial charge is 0.475 e. The van der Waals surface area contributed by atoms with Crippen LogP contribution >= 0.6 is 0 Å². The molecule has 5 nitrogen and oxygen atoms in total. The van der Waals surface area contributed by atoms with Gasteiger partial charge < -0.3 is 14.2 Å². The van der Waals surface area contributed by atoms with Gasteiger partial charge in [-0.25, -0.2) is 0 Å². The summed E-state index contributed by atoms with van der Waals surface area (Å²) in [7, 11) is 1.62. The molecule has 1 heterocycles. The van der Waals surface area contributed by atoms with Crippen LogP contribution < -0.4 is 0 Å². The van der Waals surface area contributed by atoms with Crippen LogP contribution in [0.2, 0.25) is 0 Å². The van der Waals surface area contributed by atoms with E-state index in [1.807, 2.05) is 40.7 Å². The molecule has 0 spiro atoms. The number of rotatable bonds is 4. The van der Waals surface area contributed by atoms with Crippen LogP contribution in [0.15, 0.2) is 28.6 Å². The zero-order valence-corrected chi connectivity index (χ0v) is 13.6. The van der Waals surface area contributed by atoms with E-state index >= 15 is 0 Å². The van der Waals surface area contributed by atoms with E-state index < -0.39 is 5.60 Å². The van der Waals surface area contributed by atoms with Crippen LogP contribution in [0.5, 0.6) is 0 Å². The molecule has 0 saturated carbocycles. The molecule has 0 aromatic rings. The lowest BCUT2D eigenvalue weighted by Crippen LogP contribution is -2.27. The predicted molar refractivity (Wildman–Crippen MR) is 81.7 cm³/mol. The maximum Gasteiger partial charge on any atom is 0.231 e. The Morgan fingerprint density at radius 2 is 1.86 bits per heavy atom. The van der Waals surface area contributed by atoms with E-state index in [9.17, 15) is 5.26 Å². The number of ether oxygens (including phenoxy) is 3. The van der Waals surface area contributed by atoms with Gasteiger partial charge in [0.1, 0.15) is 6.07 Å². The highest BCUT2D eigenvalue weighted by Crippen LogP contribution is 2.27. The Morgan fingerprint density at radius 3 is 2.33 bits per heavy atom. The molecule has 21 heavy (non-hydrogen) atoms. The van der Waals surface area contributed by atoms with Crippen LogP contribution in [0, 0.1) is 11.3 Å². The third-order valence-electron chi connectivity index (χ3n) is 2.88. The zero-order valence-electron chi connectivity index (χ0n) is 13.6. The van der Waals surface area contributed by atoms with Gasteiger partial charge in [0.05, 0.1) is 23.4 Å². The molecular formula is C16H24N2O3. The lowest BCUT2D eigenvalue weighted by molar-refractivity contribution is 0.0472. The van der Waals surface area contributed by atoms with E-state index in [0.29, 0.717) is 23.8 Å². The maximum absolute atomic E-state index is 9.41. The second kappa shape index (κ2) is 7.28. The summed E-state index contributed by atoms with van der Waals surface area (Å²) in [5, 5.41) is 9.41. The molecule has 0 amide bonds. The topological polar surface area (TPSA) is 63.8 Å². The molecule has 116 valence electrons. The van der Waals surface area contributed by atoms with E-state index in [-0.39, 0.29) is 12.2 Å². The Morgan fingerprint density at radius 1 is 1.24 bits per heavy atom. The van der Waals surface area contributed by atoms with E-state index in [0.717, 1.165) is 0 Å². The minimum atomic E-state index is -0.599. The zero-order chi connectivity index (χ0) is 16.0. The Bertz CT molecular complexity index is 498. The molecule has 5 heteroatoms. The third kappa shape index (κ3) is 5.24. The van der Waals surface area contributed by atoms with E-state index in [4.69, 9.17) is 14.2 Å². The summed E-state index contributed by atoms with van der Waals surface area (Å²) in [5.41, 5.74) is -0.152. The predicted octanol–water partition coefficient (Wildman–Crippen LogP) is 3.34. The van der Waals surface area contributed by atoms with Crippen LogP contribution in [0.4, 0.5) is 0 Å². The van der Waals surface area contributed by atoms with Gasteiger partial charge in [-0.2, -0.15) is 10.3 Å². The summed E-state index contributed by atoms with van der Waals surface area (Å²) >= 11 is 0. The maximum atomic E-state index is 9.41. The van der Waals surface area contributed by atoms with Crippen molar-refractivity contribution < 1.29 is 14.2 Å². The molecule has 1 rings (SSSR count). The average Bonchev–Trinajstić information content (AvgIpc) is 2.39. The Hall–Kier alpha value is -1.80. The van der Waals surface area contributed by atoms with Crippen LogP contribution in [0.25, 0.3) is 0 Å². The van der Waals surface area contributed by atoms with E-state index in [2.05, 4.69) is 11.1 Å². The Balaban J connectivity index is 3.31. The summed E-state index contributed by atoms with van der Waals surface area (Å²) in [4.78, 5) is 4.35. The van der Waals surface area contributed by atoms with Gasteiger partial charge in [-0.1, -0.05) is 0 Å². The minimum absolute atomic E-state index is 0.0209. The highest BCUT2D eigenvalue weighted by atomic mass is 16.5. The highest BCUT2D eigenvalue weighted by Gasteiger charge is 2.27. The van der Waals surface area contributed by atoms with E-state index in [1.54, 1.807) is 13.2 Å². The normalized spacial score (nSPS) is 30.1. The number of nitrogens with zero attached hydrogens (tertiary/aromatic N) is 2. The number of hydrogen-bond acceptors (Lipinski definition) is 5. The van der Waals surface area contributed by atoms with Crippen LogP contribution in [0.3, 0.4) is 0 Å². The molecule has 0 aromatic heterocycles. The molecule has 0 aliphatic carbocycles. The average molecular weight is 292 g/mol. The Labute approximate surface area is 126 Å². The summed E-state index contributed by atoms with van der Waals surface area (Å²) in [5.74, 6) is 0.715. The van der Waals surface area contributed by atoms with Gasteiger partial charge in [0.2, 0.25) is 11.8 Å². The van der Waals surface area contributed by atoms with E-state index in [1.165, 1.54) is 0 Å². The SMILES string of the molecule is COC1(C)\C=C/C(OC(C)C)=N\C(OC(C)C)=C(\C#N)C1. The van der Waals surface area contributed by atoms with Crippen LogP contribution in [0.1, 0.15) is 41.0 Å². The first-order chi connectivity index (χ1) is 9.79. The molecule has 1 aliphatic heterocycles. The lowest BCUT2D eigenvalue weighted by atomic mass is 9.95. The van der Waals surface area contributed by atoms with Crippen molar-refractivity contribution in [1.82, 2.24) is 0 Å². The summed E-state index contributed by atoms with van der Waals surface area (Å²) in [6.45, 7) is 9.53. The van der Waals surface area contributed by atoms with Crippen molar-refractivity contribution in [2.24, 2.45) is 4.99 Å². The molecule has 1 unspecified atom stereocenters. The van der Waals surface area contributed by atoms with Gasteiger partial charge in [-0.15, -0.1) is 0 Å². The monoisotopic (exact) mass is 292 g/mol. The molecule has 0 fully saturated rings. The number of methoxy groups -OCH3 is 1. The second-order valence-electron chi connectivity index (χ2n) is 5.71. The van der Waals surface area contributed by atoms with Gasteiger partial charge >= 0.3 is 0 Å². The van der Waals surface area contributed by atoms with Gasteiger partial charge in [0, 0.05) is 13.5 Å². The molecule has 0 aromatic carbocycles. The fourth-order valence-corrected chi connectivity index (χ4v) is 1.79. The minimum Gasteiger partial charge on any atom is -0.475 e. The van der Waals surface area contributed by atoms with Crippen molar-refractivity contribution in [3.63, 3.8) is 0 Å². The van der Waals surface area contributed by atoms with Gasteiger partial charge in [-0.05, 0) is 46.8 Å². The standard InChI is InChI=1S/C16H24N2O3/c1-11(2)20-14-7-8-16(5,19-6)9-13(10-17)15(18-14)21-12(3)4/h7-8,11-12H,9H2,1-6H3/b8-7-,15-13-,18-14+. The smallest absolute Gasteiger partial charge is 0.231 e. The summed E-state index contributed by atoms with van der Waals surface area (Å²) in [6, 6.07) is 2.17. The van der Waals surface area contributed by atoms with Gasteiger partial charge in [0.25, 0.3) is 0 Å². The number of hydrogen-bond donors (Lipinski definition) is 0. The van der Waals surface area contributed by atoms with Gasteiger partial charge in [-0.3, -0.25) is 0 Å². The first-order valence-electron chi connectivity index (χ1n) is 7.09. The molecule has 0 N–H and O–H groups in total. The molecule has 1 atom stereocenters. The fourth-order valence-electron chi connectivity index (χ4n) is 1.79. The second-order valence-corrected chi connectivity index (χ2v) is 5.71. The first kappa shape index (κ1) is 17.3. The molecular weight excluding hydrogens is 268 g/mol. The summed E-state index contributed by atoms with van der Waals surface area (Å²) < 4.78 is 16.8. The van der Waals surface area contributed by atoms with Crippen LogP contribution in [-0.2, 0) is 14.2 Å². The third-order valence-corrected chi connectivity index (χ3v) is 2.88. The van der Waals surface area contributed by atoms with Crippen molar-refractivity contribution in [2.45, 2.75) is 58.8 Å².